The molecule has 4 nitrogen and oxygen atoms in total. The van der Waals surface area contributed by atoms with E-state index >= 15 is 0 Å². The van der Waals surface area contributed by atoms with Crippen molar-refractivity contribution in [2.75, 3.05) is 23.9 Å². The molecular formula is C12H20N2O2S2. The molecule has 1 rings (SSSR count). The predicted octanol–water partition coefficient (Wildman–Crippen LogP) is 3.11. The Kier molecular flexibility index (Phi) is 7.84. The topological polar surface area (TPSA) is 62.2 Å². The van der Waals surface area contributed by atoms with Gasteiger partial charge in [-0.15, -0.1) is 11.3 Å². The minimum absolute atomic E-state index is 0.00681. The van der Waals surface area contributed by atoms with E-state index in [0.717, 1.165) is 18.1 Å². The highest BCUT2D eigenvalue weighted by Gasteiger charge is 2.05. The minimum Gasteiger partial charge on any atom is -0.481 e. The second kappa shape index (κ2) is 9.22. The summed E-state index contributed by atoms with van der Waals surface area (Å²) in [6, 6.07) is 0. The number of aromatic nitrogens is 1. The van der Waals surface area contributed by atoms with Crippen LogP contribution in [0.4, 0.5) is 5.13 Å². The number of thiazole rings is 1. The molecule has 0 radical (unpaired) electrons. The van der Waals surface area contributed by atoms with Crippen molar-refractivity contribution in [1.29, 1.82) is 0 Å². The number of hydrogen-bond donors (Lipinski definition) is 2. The van der Waals surface area contributed by atoms with Gasteiger partial charge in [-0.3, -0.25) is 4.79 Å². The fourth-order valence-electron chi connectivity index (χ4n) is 1.54. The van der Waals surface area contributed by atoms with Gasteiger partial charge in [0.25, 0.3) is 0 Å². The van der Waals surface area contributed by atoms with Crippen molar-refractivity contribution in [3.63, 3.8) is 0 Å². The Labute approximate surface area is 116 Å². The van der Waals surface area contributed by atoms with Gasteiger partial charge in [-0.25, -0.2) is 4.98 Å². The quantitative estimate of drug-likeness (QED) is 0.648. The number of carboxylic acids is 1. The van der Waals surface area contributed by atoms with Gasteiger partial charge in [0.05, 0.1) is 12.1 Å². The van der Waals surface area contributed by atoms with Crippen LogP contribution in [0.3, 0.4) is 0 Å². The van der Waals surface area contributed by atoms with Crippen LogP contribution in [0.25, 0.3) is 0 Å². The lowest BCUT2D eigenvalue weighted by molar-refractivity contribution is -0.136. The van der Waals surface area contributed by atoms with E-state index in [9.17, 15) is 4.79 Å². The van der Waals surface area contributed by atoms with Gasteiger partial charge in [-0.1, -0.05) is 12.8 Å². The first kappa shape index (κ1) is 15.3. The number of nitrogens with zero attached hydrogens (tertiary/aromatic N) is 1. The maximum atomic E-state index is 10.5. The third-order valence-electron chi connectivity index (χ3n) is 2.44. The van der Waals surface area contributed by atoms with Crippen LogP contribution in [0.5, 0.6) is 0 Å². The van der Waals surface area contributed by atoms with Crippen LogP contribution in [-0.4, -0.2) is 34.6 Å². The Hall–Kier alpha value is -0.750. The highest BCUT2D eigenvalue weighted by Crippen LogP contribution is 2.16. The molecule has 0 aromatic carbocycles. The van der Waals surface area contributed by atoms with E-state index in [1.807, 2.05) is 11.8 Å². The molecule has 0 saturated carbocycles. The van der Waals surface area contributed by atoms with E-state index in [1.165, 1.54) is 36.4 Å². The summed E-state index contributed by atoms with van der Waals surface area (Å²) >= 11 is 3.37. The van der Waals surface area contributed by atoms with Crippen LogP contribution in [0.15, 0.2) is 5.38 Å². The Morgan fingerprint density at radius 2 is 2.22 bits per heavy atom. The first-order valence-corrected chi connectivity index (χ1v) is 8.38. The summed E-state index contributed by atoms with van der Waals surface area (Å²) in [6.45, 7) is 0.916. The molecule has 0 bridgehead atoms. The van der Waals surface area contributed by atoms with Crippen LogP contribution < -0.4 is 5.32 Å². The van der Waals surface area contributed by atoms with Crippen molar-refractivity contribution in [1.82, 2.24) is 4.98 Å². The molecule has 0 aliphatic carbocycles. The summed E-state index contributed by atoms with van der Waals surface area (Å²) in [4.78, 5) is 14.7. The van der Waals surface area contributed by atoms with Crippen molar-refractivity contribution < 1.29 is 9.90 Å². The first-order chi connectivity index (χ1) is 8.72. The largest absolute Gasteiger partial charge is 0.481 e. The second-order valence-corrected chi connectivity index (χ2v) is 5.89. The average molecular weight is 288 g/mol. The fraction of sp³-hybridized carbons (Fsp3) is 0.667. The molecule has 102 valence electrons. The van der Waals surface area contributed by atoms with E-state index in [0.29, 0.717) is 5.69 Å². The summed E-state index contributed by atoms with van der Waals surface area (Å²) in [5, 5.41) is 14.5. The Morgan fingerprint density at radius 3 is 2.94 bits per heavy atom. The van der Waals surface area contributed by atoms with Gasteiger partial charge in [0.1, 0.15) is 0 Å². The molecule has 1 heterocycles. The molecular weight excluding hydrogens is 268 g/mol. The highest BCUT2D eigenvalue weighted by molar-refractivity contribution is 7.98. The zero-order valence-corrected chi connectivity index (χ0v) is 12.3. The second-order valence-electron chi connectivity index (χ2n) is 4.05. The van der Waals surface area contributed by atoms with Crippen LogP contribution in [-0.2, 0) is 11.2 Å². The number of carbonyl (C=O) groups is 1. The van der Waals surface area contributed by atoms with E-state index in [1.54, 1.807) is 5.38 Å². The van der Waals surface area contributed by atoms with Gasteiger partial charge in [0, 0.05) is 11.9 Å². The molecule has 0 atom stereocenters. The van der Waals surface area contributed by atoms with E-state index < -0.39 is 5.97 Å². The molecule has 18 heavy (non-hydrogen) atoms. The van der Waals surface area contributed by atoms with E-state index in [2.05, 4.69) is 16.6 Å². The zero-order valence-electron chi connectivity index (χ0n) is 10.6. The normalized spacial score (nSPS) is 10.5. The monoisotopic (exact) mass is 288 g/mol. The molecule has 2 N–H and O–H groups in total. The molecule has 0 fully saturated rings. The van der Waals surface area contributed by atoms with Crippen LogP contribution in [0.2, 0.25) is 0 Å². The smallest absolute Gasteiger partial charge is 0.309 e. The van der Waals surface area contributed by atoms with Crippen LogP contribution in [0, 0.1) is 0 Å². The fourth-order valence-corrected chi connectivity index (χ4v) is 2.78. The lowest BCUT2D eigenvalue weighted by atomic mass is 10.2. The maximum absolute atomic E-state index is 10.5. The number of aliphatic carboxylic acids is 1. The van der Waals surface area contributed by atoms with Crippen molar-refractivity contribution >= 4 is 34.2 Å². The Morgan fingerprint density at radius 1 is 1.44 bits per heavy atom. The van der Waals surface area contributed by atoms with Gasteiger partial charge in [-0.05, 0) is 24.9 Å². The van der Waals surface area contributed by atoms with Crippen LogP contribution >= 0.6 is 23.1 Å². The number of thioether (sulfide) groups is 1. The summed E-state index contributed by atoms with van der Waals surface area (Å²) < 4.78 is 0. The number of anilines is 1. The highest BCUT2D eigenvalue weighted by atomic mass is 32.2. The number of unbranched alkanes of at least 4 members (excludes halogenated alkanes) is 3. The van der Waals surface area contributed by atoms with Crippen molar-refractivity contribution in [3.8, 4) is 0 Å². The van der Waals surface area contributed by atoms with Crippen molar-refractivity contribution in [3.05, 3.63) is 11.1 Å². The number of carboxylic acid groups (broad SMARTS) is 1. The molecule has 0 aliphatic heterocycles. The molecule has 6 heteroatoms. The SMILES string of the molecule is CSCCCCCCNc1nc(CC(=O)O)cs1. The minimum atomic E-state index is -0.833. The molecule has 0 unspecified atom stereocenters. The standard InChI is InChI=1S/C12H20N2O2S2/c1-17-7-5-3-2-4-6-13-12-14-10(9-18-12)8-11(15)16/h9H,2-8H2,1H3,(H,13,14)(H,15,16). The molecule has 0 amide bonds. The van der Waals surface area contributed by atoms with Gasteiger partial charge >= 0.3 is 5.97 Å². The average Bonchev–Trinajstić information content (AvgIpc) is 2.75. The van der Waals surface area contributed by atoms with E-state index in [4.69, 9.17) is 5.11 Å². The van der Waals surface area contributed by atoms with Gasteiger partial charge in [0.15, 0.2) is 5.13 Å². The molecule has 1 aromatic heterocycles. The summed E-state index contributed by atoms with van der Waals surface area (Å²) in [5.74, 6) is 0.416. The molecule has 0 aliphatic rings. The number of hydrogen-bond acceptors (Lipinski definition) is 5. The van der Waals surface area contributed by atoms with Crippen LogP contribution in [0.1, 0.15) is 31.4 Å². The summed E-state index contributed by atoms with van der Waals surface area (Å²) in [7, 11) is 0. The van der Waals surface area contributed by atoms with Gasteiger partial charge < -0.3 is 10.4 Å². The Bertz CT molecular complexity index is 356. The van der Waals surface area contributed by atoms with E-state index in [-0.39, 0.29) is 6.42 Å². The van der Waals surface area contributed by atoms with Crippen molar-refractivity contribution in [2.24, 2.45) is 0 Å². The molecule has 0 spiro atoms. The first-order valence-electron chi connectivity index (χ1n) is 6.11. The zero-order chi connectivity index (χ0) is 13.2. The summed E-state index contributed by atoms with van der Waals surface area (Å²) in [5.41, 5.74) is 0.634. The predicted molar refractivity (Wildman–Crippen MR) is 78.8 cm³/mol. The number of nitrogens with one attached hydrogen (secondary N) is 1. The molecule has 1 aromatic rings. The van der Waals surface area contributed by atoms with Gasteiger partial charge in [-0.2, -0.15) is 11.8 Å². The van der Waals surface area contributed by atoms with Gasteiger partial charge in [0.2, 0.25) is 0 Å². The maximum Gasteiger partial charge on any atom is 0.309 e. The molecule has 0 saturated heterocycles. The lowest BCUT2D eigenvalue weighted by Crippen LogP contribution is -2.03. The lowest BCUT2D eigenvalue weighted by Gasteiger charge is -2.02. The third-order valence-corrected chi connectivity index (χ3v) is 3.98. The Balaban J connectivity index is 2.08. The summed E-state index contributed by atoms with van der Waals surface area (Å²) in [6.07, 6.45) is 7.10. The third kappa shape index (κ3) is 6.86. The number of rotatable bonds is 10. The van der Waals surface area contributed by atoms with Crippen molar-refractivity contribution in [2.45, 2.75) is 32.1 Å².